The van der Waals surface area contributed by atoms with Crippen molar-refractivity contribution in [1.82, 2.24) is 24.6 Å². The highest BCUT2D eigenvalue weighted by Crippen LogP contribution is 2.33. The monoisotopic (exact) mass is 512 g/mol. The van der Waals surface area contributed by atoms with Gasteiger partial charge in [0.15, 0.2) is 11.6 Å². The quantitative estimate of drug-likeness (QED) is 0.443. The van der Waals surface area contributed by atoms with Gasteiger partial charge >= 0.3 is 0 Å². The molecule has 0 saturated carbocycles. The molecule has 0 radical (unpaired) electrons. The molecule has 0 amide bonds. The fraction of sp³-hybridized carbons (Fsp3) is 0.217. The highest BCUT2D eigenvalue weighted by molar-refractivity contribution is 9.10. The lowest BCUT2D eigenvalue weighted by molar-refractivity contribution is 0.0926. The second-order valence-electron chi connectivity index (χ2n) is 7.96. The van der Waals surface area contributed by atoms with E-state index in [-0.39, 0.29) is 5.56 Å². The van der Waals surface area contributed by atoms with Crippen LogP contribution in [0.15, 0.2) is 59.7 Å². The summed E-state index contributed by atoms with van der Waals surface area (Å²) in [4.78, 5) is 15.3. The summed E-state index contributed by atoms with van der Waals surface area (Å²) in [5.74, 6) is -0.298. The molecule has 33 heavy (non-hydrogen) atoms. The molecule has 1 N–H and O–H groups in total. The second-order valence-corrected chi connectivity index (χ2v) is 8.88. The minimum absolute atomic E-state index is 0.204. The first-order valence-corrected chi connectivity index (χ1v) is 11.1. The smallest absolute Gasteiger partial charge is 0.156 e. The third kappa shape index (κ3) is 3.89. The van der Waals surface area contributed by atoms with Crippen molar-refractivity contribution >= 4 is 32.8 Å². The summed E-state index contributed by atoms with van der Waals surface area (Å²) >= 11 is 3.47. The number of halogens is 3. The zero-order valence-corrected chi connectivity index (χ0v) is 19.2. The SMILES string of the molecule is CC(O)(c1cnc(C2=CCN(c3ncnn4cc(Br)cc34)CC2)nc1)c1c(F)cccc1F. The molecule has 1 atom stereocenters. The molecule has 0 aliphatic carbocycles. The van der Waals surface area contributed by atoms with Crippen molar-refractivity contribution in [2.75, 3.05) is 18.0 Å². The van der Waals surface area contributed by atoms with Crippen LogP contribution in [0.1, 0.15) is 30.3 Å². The van der Waals surface area contributed by atoms with Crippen LogP contribution in [0.5, 0.6) is 0 Å². The van der Waals surface area contributed by atoms with Gasteiger partial charge in [0.2, 0.25) is 0 Å². The van der Waals surface area contributed by atoms with Crippen LogP contribution in [-0.2, 0) is 5.60 Å². The van der Waals surface area contributed by atoms with E-state index in [0.717, 1.165) is 33.5 Å². The summed E-state index contributed by atoms with van der Waals surface area (Å²) in [7, 11) is 0. The number of anilines is 1. The molecule has 1 aliphatic rings. The number of hydrogen-bond donors (Lipinski definition) is 1. The van der Waals surface area contributed by atoms with Crippen LogP contribution >= 0.6 is 15.9 Å². The summed E-state index contributed by atoms with van der Waals surface area (Å²) < 4.78 is 31.1. The molecule has 3 aromatic heterocycles. The average molecular weight is 513 g/mol. The summed E-state index contributed by atoms with van der Waals surface area (Å²) in [5.41, 5.74) is -0.270. The lowest BCUT2D eigenvalue weighted by atomic mass is 9.89. The third-order valence-corrected chi connectivity index (χ3v) is 6.25. The molecule has 7 nitrogen and oxygen atoms in total. The Morgan fingerprint density at radius 3 is 2.52 bits per heavy atom. The summed E-state index contributed by atoms with van der Waals surface area (Å²) in [6.45, 7) is 2.66. The van der Waals surface area contributed by atoms with Crippen molar-refractivity contribution in [1.29, 1.82) is 0 Å². The molecule has 0 bridgehead atoms. The van der Waals surface area contributed by atoms with Gasteiger partial charge in [-0.3, -0.25) is 0 Å². The molecule has 4 aromatic rings. The topological polar surface area (TPSA) is 79.4 Å². The zero-order valence-electron chi connectivity index (χ0n) is 17.6. The fourth-order valence-electron chi connectivity index (χ4n) is 4.05. The Morgan fingerprint density at radius 2 is 1.85 bits per heavy atom. The van der Waals surface area contributed by atoms with Crippen LogP contribution in [-0.4, -0.2) is 42.8 Å². The Kier molecular flexibility index (Phi) is 5.41. The van der Waals surface area contributed by atoms with Crippen molar-refractivity contribution in [3.63, 3.8) is 0 Å². The predicted octanol–water partition coefficient (Wildman–Crippen LogP) is 4.11. The molecule has 1 unspecified atom stereocenters. The van der Waals surface area contributed by atoms with E-state index in [1.165, 1.54) is 31.7 Å². The molecular weight excluding hydrogens is 494 g/mol. The van der Waals surface area contributed by atoms with Gasteiger partial charge in [0.05, 0.1) is 5.56 Å². The van der Waals surface area contributed by atoms with Gasteiger partial charge < -0.3 is 10.0 Å². The van der Waals surface area contributed by atoms with Gasteiger partial charge in [-0.05, 0) is 53.0 Å². The summed E-state index contributed by atoms with van der Waals surface area (Å²) in [6, 6.07) is 5.45. The van der Waals surface area contributed by atoms with Gasteiger partial charge in [-0.1, -0.05) is 12.1 Å². The first kappa shape index (κ1) is 21.6. The van der Waals surface area contributed by atoms with Crippen molar-refractivity contribution in [2.45, 2.75) is 18.9 Å². The van der Waals surface area contributed by atoms with E-state index in [1.54, 1.807) is 4.52 Å². The van der Waals surface area contributed by atoms with E-state index in [1.807, 2.05) is 18.3 Å². The molecule has 1 aromatic carbocycles. The van der Waals surface area contributed by atoms with Crippen LogP contribution in [0.4, 0.5) is 14.6 Å². The van der Waals surface area contributed by atoms with Gasteiger partial charge in [0, 0.05) is 41.7 Å². The molecule has 0 saturated heterocycles. The van der Waals surface area contributed by atoms with E-state index in [0.29, 0.717) is 25.3 Å². The van der Waals surface area contributed by atoms with Gasteiger partial charge in [-0.25, -0.2) is 28.2 Å². The molecule has 10 heteroatoms. The Morgan fingerprint density at radius 1 is 1.12 bits per heavy atom. The Bertz CT molecular complexity index is 1350. The van der Waals surface area contributed by atoms with Crippen LogP contribution in [0.3, 0.4) is 0 Å². The number of aromatic nitrogens is 5. The highest BCUT2D eigenvalue weighted by Gasteiger charge is 2.33. The molecular formula is C23H19BrF2N6O. The maximum atomic E-state index is 14.2. The van der Waals surface area contributed by atoms with E-state index < -0.39 is 22.8 Å². The maximum Gasteiger partial charge on any atom is 0.156 e. The lowest BCUT2D eigenvalue weighted by Crippen LogP contribution is -2.30. The van der Waals surface area contributed by atoms with Crippen LogP contribution < -0.4 is 4.90 Å². The van der Waals surface area contributed by atoms with Gasteiger partial charge in [-0.2, -0.15) is 5.10 Å². The largest absolute Gasteiger partial charge is 0.380 e. The van der Waals surface area contributed by atoms with E-state index >= 15 is 0 Å². The van der Waals surface area contributed by atoms with Crippen LogP contribution in [0.25, 0.3) is 11.1 Å². The fourth-order valence-corrected chi connectivity index (χ4v) is 4.46. The van der Waals surface area contributed by atoms with E-state index in [4.69, 9.17) is 0 Å². The lowest BCUT2D eigenvalue weighted by Gasteiger charge is -2.28. The van der Waals surface area contributed by atoms with Gasteiger partial charge in [0.25, 0.3) is 0 Å². The zero-order chi connectivity index (χ0) is 23.2. The number of fused-ring (bicyclic) bond motifs is 1. The highest BCUT2D eigenvalue weighted by atomic mass is 79.9. The van der Waals surface area contributed by atoms with Crippen molar-refractivity contribution in [2.24, 2.45) is 0 Å². The van der Waals surface area contributed by atoms with Crippen molar-refractivity contribution in [3.05, 3.63) is 88.3 Å². The van der Waals surface area contributed by atoms with E-state index in [2.05, 4.69) is 40.9 Å². The average Bonchev–Trinajstić information content (AvgIpc) is 3.19. The van der Waals surface area contributed by atoms with Crippen molar-refractivity contribution in [3.8, 4) is 0 Å². The van der Waals surface area contributed by atoms with Crippen molar-refractivity contribution < 1.29 is 13.9 Å². The maximum absolute atomic E-state index is 14.2. The van der Waals surface area contributed by atoms with Crippen LogP contribution in [0, 0.1) is 11.6 Å². The molecule has 0 fully saturated rings. The molecule has 168 valence electrons. The third-order valence-electron chi connectivity index (χ3n) is 5.81. The molecule has 1 aliphatic heterocycles. The van der Waals surface area contributed by atoms with E-state index in [9.17, 15) is 13.9 Å². The van der Waals surface area contributed by atoms with Gasteiger partial charge in [-0.15, -0.1) is 0 Å². The Hall–Kier alpha value is -3.24. The minimum Gasteiger partial charge on any atom is -0.380 e. The van der Waals surface area contributed by atoms with Gasteiger partial charge in [0.1, 0.15) is 29.1 Å². The molecule has 4 heterocycles. The number of benzene rings is 1. The number of rotatable bonds is 4. The molecule has 5 rings (SSSR count). The number of hydrogen-bond acceptors (Lipinski definition) is 6. The number of nitrogens with zero attached hydrogens (tertiary/aromatic N) is 6. The Balaban J connectivity index is 1.38. The number of aliphatic hydroxyl groups is 1. The summed E-state index contributed by atoms with van der Waals surface area (Å²) in [6.07, 6.45) is 8.95. The standard InChI is InChI=1S/C23H19BrF2N6O/c1-23(33,20-17(25)3-2-4-18(20)26)15-10-27-21(28-11-15)14-5-7-31(8-6-14)22-19-9-16(24)12-32(19)30-13-29-22/h2-5,9-13,33H,6-8H2,1H3. The first-order valence-electron chi connectivity index (χ1n) is 10.3. The normalized spacial score (nSPS) is 16.0. The first-order chi connectivity index (χ1) is 15.8. The minimum atomic E-state index is -1.91. The molecule has 0 spiro atoms. The second kappa shape index (κ2) is 8.27. The predicted molar refractivity (Wildman–Crippen MR) is 123 cm³/mol. The summed E-state index contributed by atoms with van der Waals surface area (Å²) in [5, 5.41) is 15.1. The Labute approximate surface area is 196 Å². The van der Waals surface area contributed by atoms with Crippen LogP contribution in [0.2, 0.25) is 0 Å².